The lowest BCUT2D eigenvalue weighted by Crippen LogP contribution is -2.43. The van der Waals surface area contributed by atoms with Crippen molar-refractivity contribution in [1.29, 1.82) is 0 Å². The van der Waals surface area contributed by atoms with Gasteiger partial charge in [0.1, 0.15) is 0 Å². The van der Waals surface area contributed by atoms with Gasteiger partial charge in [-0.2, -0.15) is 0 Å². The van der Waals surface area contributed by atoms with Crippen molar-refractivity contribution in [1.82, 2.24) is 4.90 Å². The molecule has 0 aliphatic carbocycles. The Labute approximate surface area is 92.2 Å². The molecule has 0 aromatic rings. The second-order valence-corrected chi connectivity index (χ2v) is 4.40. The summed E-state index contributed by atoms with van der Waals surface area (Å²) in [5.74, 6) is 1.40. The second-order valence-electron chi connectivity index (χ2n) is 4.40. The van der Waals surface area contributed by atoms with E-state index < -0.39 is 0 Å². The number of nitrogens with zero attached hydrogens (tertiary/aromatic N) is 2. The summed E-state index contributed by atoms with van der Waals surface area (Å²) < 4.78 is 0. The first-order valence-corrected chi connectivity index (χ1v) is 5.86. The summed E-state index contributed by atoms with van der Waals surface area (Å²) in [5.41, 5.74) is 5.91. The molecule has 1 heterocycles. The molecule has 1 rings (SSSR count). The minimum Gasteiger partial charge on any atom is -0.394 e. The number of rotatable bonds is 3. The Morgan fingerprint density at radius 2 is 2.13 bits per heavy atom. The van der Waals surface area contributed by atoms with E-state index in [0.717, 1.165) is 25.4 Å². The van der Waals surface area contributed by atoms with Gasteiger partial charge in [-0.3, -0.25) is 0 Å². The molecule has 1 saturated heterocycles. The standard InChI is InChI=1S/C11H23N3O/c1-3-10(8-15)13-11(12)14-6-4-9(2)5-7-14/h9-10,15H,3-8H2,1-2H3,(H2,12,13)/t10-/m1/s1. The number of hydrogen-bond acceptors (Lipinski definition) is 2. The zero-order valence-corrected chi connectivity index (χ0v) is 9.82. The molecule has 0 aromatic heterocycles. The van der Waals surface area contributed by atoms with Crippen molar-refractivity contribution in [3.8, 4) is 0 Å². The highest BCUT2D eigenvalue weighted by Gasteiger charge is 2.17. The molecule has 4 heteroatoms. The van der Waals surface area contributed by atoms with Crippen LogP contribution in [-0.4, -0.2) is 41.7 Å². The van der Waals surface area contributed by atoms with E-state index in [0.29, 0.717) is 5.96 Å². The molecule has 15 heavy (non-hydrogen) atoms. The summed E-state index contributed by atoms with van der Waals surface area (Å²) in [5, 5.41) is 9.03. The van der Waals surface area contributed by atoms with E-state index in [1.807, 2.05) is 6.92 Å². The van der Waals surface area contributed by atoms with Crippen LogP contribution in [0.25, 0.3) is 0 Å². The minimum atomic E-state index is -0.0376. The molecular weight excluding hydrogens is 190 g/mol. The van der Waals surface area contributed by atoms with Crippen LogP contribution in [0.15, 0.2) is 4.99 Å². The summed E-state index contributed by atoms with van der Waals surface area (Å²) in [6.07, 6.45) is 3.21. The summed E-state index contributed by atoms with van der Waals surface area (Å²) >= 11 is 0. The topological polar surface area (TPSA) is 61.9 Å². The van der Waals surface area contributed by atoms with E-state index in [4.69, 9.17) is 10.8 Å². The van der Waals surface area contributed by atoms with Crippen LogP contribution in [0.5, 0.6) is 0 Å². The normalized spacial score (nSPS) is 21.8. The molecule has 88 valence electrons. The molecule has 0 aromatic carbocycles. The highest BCUT2D eigenvalue weighted by molar-refractivity contribution is 5.78. The predicted molar refractivity (Wildman–Crippen MR) is 62.8 cm³/mol. The van der Waals surface area contributed by atoms with Crippen molar-refractivity contribution in [2.75, 3.05) is 19.7 Å². The number of nitrogens with two attached hydrogens (primary N) is 1. The number of likely N-dealkylation sites (tertiary alicyclic amines) is 1. The largest absolute Gasteiger partial charge is 0.394 e. The number of aliphatic hydroxyl groups is 1. The molecular formula is C11H23N3O. The first kappa shape index (κ1) is 12.3. The predicted octanol–water partition coefficient (Wildman–Crippen LogP) is 0.804. The van der Waals surface area contributed by atoms with Crippen LogP contribution in [-0.2, 0) is 0 Å². The van der Waals surface area contributed by atoms with Crippen molar-refractivity contribution in [3.63, 3.8) is 0 Å². The zero-order valence-electron chi connectivity index (χ0n) is 9.82. The smallest absolute Gasteiger partial charge is 0.191 e. The summed E-state index contributed by atoms with van der Waals surface area (Å²) in [7, 11) is 0. The van der Waals surface area contributed by atoms with E-state index in [1.54, 1.807) is 0 Å². The van der Waals surface area contributed by atoms with Crippen molar-refractivity contribution < 1.29 is 5.11 Å². The van der Waals surface area contributed by atoms with E-state index >= 15 is 0 Å². The molecule has 3 N–H and O–H groups in total. The maximum absolute atomic E-state index is 9.03. The van der Waals surface area contributed by atoms with Gasteiger partial charge < -0.3 is 15.7 Å². The summed E-state index contributed by atoms with van der Waals surface area (Å²) in [4.78, 5) is 6.46. The maximum Gasteiger partial charge on any atom is 0.191 e. The van der Waals surface area contributed by atoms with Crippen LogP contribution in [0, 0.1) is 5.92 Å². The summed E-state index contributed by atoms with van der Waals surface area (Å²) in [6, 6.07) is -0.0376. The fourth-order valence-electron chi connectivity index (χ4n) is 1.77. The Kier molecular flexibility index (Phi) is 4.88. The summed E-state index contributed by atoms with van der Waals surface area (Å²) in [6.45, 7) is 6.36. The third-order valence-electron chi connectivity index (χ3n) is 3.10. The fraction of sp³-hybridized carbons (Fsp3) is 0.909. The highest BCUT2D eigenvalue weighted by Crippen LogP contribution is 2.15. The number of hydrogen-bond donors (Lipinski definition) is 2. The molecule has 1 atom stereocenters. The number of aliphatic imine (C=N–C) groups is 1. The van der Waals surface area contributed by atoms with Crippen LogP contribution in [0.2, 0.25) is 0 Å². The number of aliphatic hydroxyl groups excluding tert-OH is 1. The molecule has 1 aliphatic heterocycles. The Morgan fingerprint density at radius 3 is 2.60 bits per heavy atom. The Balaban J connectivity index is 2.48. The zero-order chi connectivity index (χ0) is 11.3. The maximum atomic E-state index is 9.03. The fourth-order valence-corrected chi connectivity index (χ4v) is 1.77. The Hall–Kier alpha value is -0.770. The SMILES string of the molecule is CC[C@H](CO)N=C(N)N1CCC(C)CC1. The minimum absolute atomic E-state index is 0.0376. The molecule has 0 radical (unpaired) electrons. The quantitative estimate of drug-likeness (QED) is 0.538. The van der Waals surface area contributed by atoms with Crippen LogP contribution >= 0.6 is 0 Å². The van der Waals surface area contributed by atoms with Crippen LogP contribution in [0.4, 0.5) is 0 Å². The molecule has 0 amide bonds. The molecule has 0 spiro atoms. The van der Waals surface area contributed by atoms with Gasteiger partial charge in [-0.1, -0.05) is 13.8 Å². The van der Waals surface area contributed by atoms with Gasteiger partial charge >= 0.3 is 0 Å². The molecule has 1 fully saturated rings. The Bertz CT molecular complexity index is 206. The average Bonchev–Trinajstić information content (AvgIpc) is 2.26. The van der Waals surface area contributed by atoms with Crippen LogP contribution in [0.1, 0.15) is 33.1 Å². The molecule has 4 nitrogen and oxygen atoms in total. The van der Waals surface area contributed by atoms with E-state index in [2.05, 4.69) is 16.8 Å². The Morgan fingerprint density at radius 1 is 1.53 bits per heavy atom. The third kappa shape index (κ3) is 3.70. The van der Waals surface area contributed by atoms with Gasteiger partial charge in [0, 0.05) is 13.1 Å². The van der Waals surface area contributed by atoms with E-state index in [9.17, 15) is 0 Å². The lowest BCUT2D eigenvalue weighted by molar-refractivity contribution is 0.255. The van der Waals surface area contributed by atoms with Gasteiger partial charge in [-0.05, 0) is 25.2 Å². The number of piperidine rings is 1. The molecule has 0 saturated carbocycles. The van der Waals surface area contributed by atoms with Gasteiger partial charge in [0.2, 0.25) is 0 Å². The number of guanidine groups is 1. The van der Waals surface area contributed by atoms with Crippen molar-refractivity contribution in [3.05, 3.63) is 0 Å². The first-order valence-electron chi connectivity index (χ1n) is 5.86. The second kappa shape index (κ2) is 5.95. The van der Waals surface area contributed by atoms with Crippen LogP contribution in [0.3, 0.4) is 0 Å². The molecule has 1 aliphatic rings. The van der Waals surface area contributed by atoms with Crippen LogP contribution < -0.4 is 5.73 Å². The molecule has 0 bridgehead atoms. The van der Waals surface area contributed by atoms with Crippen molar-refractivity contribution in [2.45, 2.75) is 39.2 Å². The van der Waals surface area contributed by atoms with Gasteiger partial charge in [-0.25, -0.2) is 4.99 Å². The van der Waals surface area contributed by atoms with Crippen molar-refractivity contribution in [2.24, 2.45) is 16.6 Å². The third-order valence-corrected chi connectivity index (χ3v) is 3.10. The lowest BCUT2D eigenvalue weighted by atomic mass is 10.00. The highest BCUT2D eigenvalue weighted by atomic mass is 16.3. The van der Waals surface area contributed by atoms with Gasteiger partial charge in [0.05, 0.1) is 12.6 Å². The monoisotopic (exact) mass is 213 g/mol. The molecule has 0 unspecified atom stereocenters. The van der Waals surface area contributed by atoms with E-state index in [-0.39, 0.29) is 12.6 Å². The van der Waals surface area contributed by atoms with Gasteiger partial charge in [-0.15, -0.1) is 0 Å². The van der Waals surface area contributed by atoms with E-state index in [1.165, 1.54) is 12.8 Å². The van der Waals surface area contributed by atoms with Gasteiger partial charge in [0.25, 0.3) is 0 Å². The lowest BCUT2D eigenvalue weighted by Gasteiger charge is -2.31. The first-order chi connectivity index (χ1) is 7.17. The average molecular weight is 213 g/mol. The van der Waals surface area contributed by atoms with Gasteiger partial charge in [0.15, 0.2) is 5.96 Å². The van der Waals surface area contributed by atoms with Crippen molar-refractivity contribution >= 4 is 5.96 Å².